The van der Waals surface area contributed by atoms with Crippen LogP contribution in [0.3, 0.4) is 0 Å². The van der Waals surface area contributed by atoms with E-state index in [0.717, 1.165) is 28.2 Å². The zero-order valence-electron chi connectivity index (χ0n) is 18.8. The van der Waals surface area contributed by atoms with E-state index >= 15 is 0 Å². The third kappa shape index (κ3) is 4.98. The molecule has 33 heavy (non-hydrogen) atoms. The highest BCUT2D eigenvalue weighted by molar-refractivity contribution is 6.02. The Hall–Kier alpha value is -4.26. The fraction of sp³-hybridized carbons (Fsp3) is 0.154. The fourth-order valence-electron chi connectivity index (χ4n) is 3.63. The third-order valence-electron chi connectivity index (χ3n) is 5.31. The molecule has 0 aliphatic heterocycles. The van der Waals surface area contributed by atoms with Crippen LogP contribution in [-0.2, 0) is 11.2 Å². The highest BCUT2D eigenvalue weighted by Crippen LogP contribution is 2.21. The Morgan fingerprint density at radius 2 is 1.88 bits per heavy atom. The Morgan fingerprint density at radius 1 is 1.09 bits per heavy atom. The zero-order valence-corrected chi connectivity index (χ0v) is 18.8. The molecule has 0 saturated carbocycles. The smallest absolute Gasteiger partial charge is 0.251 e. The lowest BCUT2D eigenvalue weighted by Gasteiger charge is -2.07. The summed E-state index contributed by atoms with van der Waals surface area (Å²) in [7, 11) is 0. The van der Waals surface area contributed by atoms with Gasteiger partial charge in [-0.2, -0.15) is 5.10 Å². The highest BCUT2D eigenvalue weighted by atomic mass is 16.1. The molecule has 0 unspecified atom stereocenters. The minimum absolute atomic E-state index is 0.198. The fourth-order valence-corrected chi connectivity index (χ4v) is 3.63. The number of benzene rings is 2. The number of aromatic nitrogens is 4. The number of aromatic amines is 1. The molecular weight excluding hydrogens is 414 g/mol. The number of rotatable bonds is 6. The van der Waals surface area contributed by atoms with Crippen LogP contribution in [0.25, 0.3) is 23.2 Å². The quantitative estimate of drug-likeness (QED) is 0.434. The molecule has 0 radical (unpaired) electrons. The lowest BCUT2D eigenvalue weighted by Crippen LogP contribution is -2.10. The Kier molecular flexibility index (Phi) is 6.31. The van der Waals surface area contributed by atoms with Crippen molar-refractivity contribution in [1.82, 2.24) is 19.7 Å². The predicted octanol–water partition coefficient (Wildman–Crippen LogP) is 4.45. The summed E-state index contributed by atoms with van der Waals surface area (Å²) in [5, 5.41) is 7.48. The van der Waals surface area contributed by atoms with Crippen molar-refractivity contribution in [2.75, 3.05) is 5.32 Å². The highest BCUT2D eigenvalue weighted by Gasteiger charge is 2.11. The molecule has 0 saturated heterocycles. The average Bonchev–Trinajstić information content (AvgIpc) is 3.11. The number of aryl methyl sites for hydroxylation is 2. The number of para-hydroxylation sites is 1. The Balaban J connectivity index is 1.52. The van der Waals surface area contributed by atoms with E-state index in [2.05, 4.69) is 20.4 Å². The Labute approximate surface area is 191 Å². The predicted molar refractivity (Wildman–Crippen MR) is 130 cm³/mol. The van der Waals surface area contributed by atoms with Crippen LogP contribution in [0.2, 0.25) is 0 Å². The van der Waals surface area contributed by atoms with E-state index in [0.29, 0.717) is 23.6 Å². The number of carbonyl (C=O) groups excluding carboxylic acids is 1. The molecule has 4 aromatic rings. The molecule has 7 nitrogen and oxygen atoms in total. The molecule has 2 aromatic carbocycles. The average molecular weight is 440 g/mol. The number of nitrogens with one attached hydrogen (secondary N) is 2. The number of hydrogen-bond acceptors (Lipinski definition) is 4. The van der Waals surface area contributed by atoms with E-state index in [1.54, 1.807) is 18.2 Å². The van der Waals surface area contributed by atoms with Gasteiger partial charge in [0.2, 0.25) is 5.91 Å². The molecule has 7 heteroatoms. The molecule has 2 aromatic heterocycles. The molecule has 0 aliphatic rings. The number of nitrogens with zero attached hydrogens (tertiary/aromatic N) is 3. The molecule has 0 bridgehead atoms. The summed E-state index contributed by atoms with van der Waals surface area (Å²) in [5.41, 5.74) is 5.52. The molecule has 0 fully saturated rings. The van der Waals surface area contributed by atoms with Gasteiger partial charge >= 0.3 is 0 Å². The van der Waals surface area contributed by atoms with E-state index in [1.165, 1.54) is 12.1 Å². The monoisotopic (exact) mass is 439 g/mol. The van der Waals surface area contributed by atoms with Crippen LogP contribution in [0, 0.1) is 13.8 Å². The van der Waals surface area contributed by atoms with Gasteiger partial charge in [0.25, 0.3) is 5.56 Å². The Morgan fingerprint density at radius 3 is 2.64 bits per heavy atom. The SMILES string of the molecule is CCc1cc(=O)[nH]c(-c2cccc(NC(=O)/C=C/c3c(C)nn(-c4ccccc4)c3C)c2)n1. The normalized spacial score (nSPS) is 11.1. The van der Waals surface area contributed by atoms with E-state index in [-0.39, 0.29) is 11.5 Å². The second kappa shape index (κ2) is 9.48. The summed E-state index contributed by atoms with van der Waals surface area (Å²) in [6, 6.07) is 18.6. The molecule has 2 N–H and O–H groups in total. The van der Waals surface area contributed by atoms with Crippen molar-refractivity contribution in [3.8, 4) is 17.1 Å². The topological polar surface area (TPSA) is 92.7 Å². The van der Waals surface area contributed by atoms with Gasteiger partial charge in [0, 0.05) is 40.3 Å². The maximum absolute atomic E-state index is 12.6. The molecule has 0 atom stereocenters. The first kappa shape index (κ1) is 22.0. The van der Waals surface area contributed by atoms with Gasteiger partial charge in [-0.3, -0.25) is 9.59 Å². The third-order valence-corrected chi connectivity index (χ3v) is 5.31. The van der Waals surface area contributed by atoms with E-state index in [9.17, 15) is 9.59 Å². The summed E-state index contributed by atoms with van der Waals surface area (Å²) >= 11 is 0. The summed E-state index contributed by atoms with van der Waals surface area (Å²) in [5.74, 6) is 0.215. The van der Waals surface area contributed by atoms with E-state index in [4.69, 9.17) is 0 Å². The molecule has 0 spiro atoms. The number of amides is 1. The van der Waals surface area contributed by atoms with Gasteiger partial charge < -0.3 is 10.3 Å². The van der Waals surface area contributed by atoms with Crippen LogP contribution in [0.4, 0.5) is 5.69 Å². The summed E-state index contributed by atoms with van der Waals surface area (Å²) in [4.78, 5) is 31.7. The molecule has 2 heterocycles. The van der Waals surface area contributed by atoms with Gasteiger partial charge in [-0.05, 0) is 50.6 Å². The maximum Gasteiger partial charge on any atom is 0.251 e. The Bertz CT molecular complexity index is 1380. The summed E-state index contributed by atoms with van der Waals surface area (Å²) < 4.78 is 1.87. The second-order valence-corrected chi connectivity index (χ2v) is 7.67. The van der Waals surface area contributed by atoms with Crippen molar-refractivity contribution in [1.29, 1.82) is 0 Å². The van der Waals surface area contributed by atoms with Crippen LogP contribution in [0.5, 0.6) is 0 Å². The van der Waals surface area contributed by atoms with Gasteiger partial charge in [0.1, 0.15) is 5.82 Å². The van der Waals surface area contributed by atoms with Crippen molar-refractivity contribution in [2.45, 2.75) is 27.2 Å². The first-order valence-corrected chi connectivity index (χ1v) is 10.8. The van der Waals surface area contributed by atoms with Crippen molar-refractivity contribution < 1.29 is 4.79 Å². The lowest BCUT2D eigenvalue weighted by atomic mass is 10.1. The van der Waals surface area contributed by atoms with Crippen molar-refractivity contribution >= 4 is 17.7 Å². The first-order valence-electron chi connectivity index (χ1n) is 10.8. The van der Waals surface area contributed by atoms with Crippen LogP contribution < -0.4 is 10.9 Å². The maximum atomic E-state index is 12.6. The molecule has 1 amide bonds. The van der Waals surface area contributed by atoms with Crippen LogP contribution in [0.15, 0.2) is 71.5 Å². The standard InChI is InChI=1S/C26H25N5O2/c1-4-20-16-25(33)29-26(28-20)19-9-8-10-21(15-19)27-24(32)14-13-23-17(2)30-31(18(23)3)22-11-6-5-7-12-22/h5-16H,4H2,1-3H3,(H,27,32)(H,28,29,33)/b14-13+. The molecule has 166 valence electrons. The van der Waals surface area contributed by atoms with Crippen molar-refractivity contribution in [3.05, 3.63) is 99.7 Å². The number of carbonyl (C=O) groups is 1. The first-order chi connectivity index (χ1) is 15.9. The van der Waals surface area contributed by atoms with Gasteiger partial charge in [-0.15, -0.1) is 0 Å². The van der Waals surface area contributed by atoms with E-state index < -0.39 is 0 Å². The molecule has 4 rings (SSSR count). The zero-order chi connectivity index (χ0) is 23.4. The molecular formula is C26H25N5O2. The second-order valence-electron chi connectivity index (χ2n) is 7.67. The van der Waals surface area contributed by atoms with Gasteiger partial charge in [-0.25, -0.2) is 9.67 Å². The van der Waals surface area contributed by atoms with Crippen LogP contribution in [0.1, 0.15) is 29.6 Å². The minimum Gasteiger partial charge on any atom is -0.322 e. The van der Waals surface area contributed by atoms with Crippen molar-refractivity contribution in [3.63, 3.8) is 0 Å². The number of anilines is 1. The van der Waals surface area contributed by atoms with Gasteiger partial charge in [-0.1, -0.05) is 37.3 Å². The van der Waals surface area contributed by atoms with Crippen LogP contribution in [-0.4, -0.2) is 25.7 Å². The van der Waals surface area contributed by atoms with Crippen molar-refractivity contribution in [2.24, 2.45) is 0 Å². The van der Waals surface area contributed by atoms with Gasteiger partial charge in [0.05, 0.1) is 11.4 Å². The minimum atomic E-state index is -0.262. The lowest BCUT2D eigenvalue weighted by molar-refractivity contribution is -0.111. The van der Waals surface area contributed by atoms with Crippen LogP contribution >= 0.6 is 0 Å². The van der Waals surface area contributed by atoms with E-state index in [1.807, 2.05) is 67.9 Å². The summed E-state index contributed by atoms with van der Waals surface area (Å²) in [6.45, 7) is 5.85. The number of H-pyrrole nitrogens is 1. The van der Waals surface area contributed by atoms with Gasteiger partial charge in [0.15, 0.2) is 0 Å². The largest absolute Gasteiger partial charge is 0.322 e. The summed E-state index contributed by atoms with van der Waals surface area (Å²) in [6.07, 6.45) is 3.94. The number of hydrogen-bond donors (Lipinski definition) is 2. The molecule has 0 aliphatic carbocycles.